The van der Waals surface area contributed by atoms with Gasteiger partial charge in [-0.2, -0.15) is 16.4 Å². The number of anilines is 1. The predicted octanol–water partition coefficient (Wildman–Crippen LogP) is 4.73. The van der Waals surface area contributed by atoms with Crippen LogP contribution in [0.15, 0.2) is 41.1 Å². The van der Waals surface area contributed by atoms with Crippen molar-refractivity contribution in [1.82, 2.24) is 20.0 Å². The van der Waals surface area contributed by atoms with Crippen molar-refractivity contribution in [2.45, 2.75) is 31.4 Å². The first-order valence-corrected chi connectivity index (χ1v) is 14.2. The smallest absolute Gasteiger partial charge is 0.240 e. The highest BCUT2D eigenvalue weighted by Crippen LogP contribution is 2.48. The summed E-state index contributed by atoms with van der Waals surface area (Å²) in [5, 5.41) is 12.7. The van der Waals surface area contributed by atoms with Crippen LogP contribution in [0.25, 0.3) is 5.69 Å². The molecule has 0 unspecified atom stereocenters. The number of nitrogens with zero attached hydrogens (tertiary/aromatic N) is 4. The molecule has 10 heteroatoms. The van der Waals surface area contributed by atoms with E-state index in [2.05, 4.69) is 42.9 Å². The third kappa shape index (κ3) is 5.80. The number of nitrogens with one attached hydrogen (secondary N) is 1. The SMILES string of the molecule is CN(C)CCNC(=O)CN1C(=O)CS[C@H](c2ccsc2)c2c(C(C)(C)C)nn(-c3cccc(Cl)c3)c21. The second kappa shape index (κ2) is 11.0. The van der Waals surface area contributed by atoms with Gasteiger partial charge in [-0.25, -0.2) is 4.68 Å². The highest BCUT2D eigenvalue weighted by molar-refractivity contribution is 8.00. The first-order valence-electron chi connectivity index (χ1n) is 11.8. The standard InChI is InChI=1S/C26H32ClN5O2S2/c1-26(2,3)24-22-23(17-9-12-35-15-17)36-16-21(34)31(14-20(33)28-10-11-30(4)5)25(22)32(29-24)19-8-6-7-18(27)13-19/h6-9,12-13,15,23H,10-11,14,16H2,1-5H3,(H,28,33)/t23-/m1/s1. The summed E-state index contributed by atoms with van der Waals surface area (Å²) in [5.41, 5.74) is 3.45. The van der Waals surface area contributed by atoms with Crippen molar-refractivity contribution >= 4 is 52.3 Å². The zero-order chi connectivity index (χ0) is 26.0. The summed E-state index contributed by atoms with van der Waals surface area (Å²) in [4.78, 5) is 30.2. The highest BCUT2D eigenvalue weighted by Gasteiger charge is 2.40. The Morgan fingerprint density at radius 1 is 1.28 bits per heavy atom. The monoisotopic (exact) mass is 545 g/mol. The van der Waals surface area contributed by atoms with Crippen LogP contribution in [0.5, 0.6) is 0 Å². The number of hydrogen-bond donors (Lipinski definition) is 1. The summed E-state index contributed by atoms with van der Waals surface area (Å²) in [7, 11) is 3.91. The average Bonchev–Trinajstić information content (AvgIpc) is 3.43. The molecule has 3 aromatic rings. The van der Waals surface area contributed by atoms with E-state index in [1.165, 1.54) is 0 Å². The van der Waals surface area contributed by atoms with Gasteiger partial charge in [-0.3, -0.25) is 14.5 Å². The lowest BCUT2D eigenvalue weighted by molar-refractivity contribution is -0.122. The molecule has 0 saturated heterocycles. The number of benzene rings is 1. The number of fused-ring (bicyclic) bond motifs is 1. The Labute approximate surface area is 225 Å². The largest absolute Gasteiger partial charge is 0.353 e. The van der Waals surface area contributed by atoms with Gasteiger partial charge in [0.05, 0.1) is 22.4 Å². The number of aromatic nitrogens is 2. The molecule has 192 valence electrons. The molecule has 0 bridgehead atoms. The number of thiophene rings is 1. The molecule has 7 nitrogen and oxygen atoms in total. The lowest BCUT2D eigenvalue weighted by atomic mass is 9.87. The molecule has 1 atom stereocenters. The fourth-order valence-electron chi connectivity index (χ4n) is 4.17. The third-order valence-electron chi connectivity index (χ3n) is 5.88. The van der Waals surface area contributed by atoms with E-state index in [1.54, 1.807) is 32.7 Å². The van der Waals surface area contributed by atoms with Crippen LogP contribution in [0.3, 0.4) is 0 Å². The van der Waals surface area contributed by atoms with E-state index in [1.807, 2.05) is 43.3 Å². The Kier molecular flexibility index (Phi) is 8.14. The lowest BCUT2D eigenvalue weighted by Crippen LogP contribution is -2.43. The van der Waals surface area contributed by atoms with Gasteiger partial charge < -0.3 is 10.2 Å². The van der Waals surface area contributed by atoms with E-state index in [-0.39, 0.29) is 34.8 Å². The predicted molar refractivity (Wildman–Crippen MR) is 150 cm³/mol. The first-order chi connectivity index (χ1) is 17.1. The number of hydrogen-bond acceptors (Lipinski definition) is 6. The van der Waals surface area contributed by atoms with Crippen LogP contribution in [0, 0.1) is 0 Å². The fourth-order valence-corrected chi connectivity index (χ4v) is 6.31. The van der Waals surface area contributed by atoms with Gasteiger partial charge in [0.1, 0.15) is 12.4 Å². The van der Waals surface area contributed by atoms with Crippen molar-refractivity contribution in [2.24, 2.45) is 0 Å². The second-order valence-electron chi connectivity index (χ2n) is 10.1. The van der Waals surface area contributed by atoms with Crippen LogP contribution >= 0.6 is 34.7 Å². The summed E-state index contributed by atoms with van der Waals surface area (Å²) < 4.78 is 1.79. The molecule has 3 heterocycles. The highest BCUT2D eigenvalue weighted by atomic mass is 35.5. The Morgan fingerprint density at radius 3 is 2.69 bits per heavy atom. The third-order valence-corrected chi connectivity index (χ3v) is 8.07. The Hall–Kier alpha value is -2.33. The van der Waals surface area contributed by atoms with E-state index in [4.69, 9.17) is 16.7 Å². The van der Waals surface area contributed by atoms with Crippen molar-refractivity contribution in [1.29, 1.82) is 0 Å². The molecule has 1 aliphatic heterocycles. The number of likely N-dealkylation sites (N-methyl/N-ethyl adjacent to an activating group) is 1. The molecule has 4 rings (SSSR count). The average molecular weight is 546 g/mol. The molecule has 0 radical (unpaired) electrons. The van der Waals surface area contributed by atoms with E-state index in [0.29, 0.717) is 17.4 Å². The quantitative estimate of drug-likeness (QED) is 0.465. The maximum Gasteiger partial charge on any atom is 0.240 e. The summed E-state index contributed by atoms with van der Waals surface area (Å²) in [5.74, 6) is 0.576. The summed E-state index contributed by atoms with van der Waals surface area (Å²) >= 11 is 9.57. The number of halogens is 1. The second-order valence-corrected chi connectivity index (χ2v) is 12.4. The van der Waals surface area contributed by atoms with Gasteiger partial charge in [-0.05, 0) is 54.7 Å². The van der Waals surface area contributed by atoms with Crippen molar-refractivity contribution in [3.63, 3.8) is 0 Å². The molecule has 2 aromatic heterocycles. The van der Waals surface area contributed by atoms with Crippen molar-refractivity contribution in [3.8, 4) is 5.69 Å². The molecule has 0 aliphatic carbocycles. The van der Waals surface area contributed by atoms with Crippen LogP contribution in [-0.4, -0.2) is 66.0 Å². The number of carbonyl (C=O) groups is 2. The van der Waals surface area contributed by atoms with Crippen LogP contribution < -0.4 is 10.2 Å². The topological polar surface area (TPSA) is 70.5 Å². The number of thioether (sulfide) groups is 1. The molecule has 1 N–H and O–H groups in total. The number of rotatable bonds is 7. The van der Waals surface area contributed by atoms with Crippen LogP contribution in [-0.2, 0) is 15.0 Å². The minimum absolute atomic E-state index is 0.0774. The van der Waals surface area contributed by atoms with E-state index >= 15 is 0 Å². The van der Waals surface area contributed by atoms with Crippen molar-refractivity contribution < 1.29 is 9.59 Å². The van der Waals surface area contributed by atoms with Gasteiger partial charge in [0.2, 0.25) is 11.8 Å². The maximum atomic E-state index is 13.6. The number of carbonyl (C=O) groups excluding carboxylic acids is 2. The van der Waals surface area contributed by atoms with E-state index in [9.17, 15) is 9.59 Å². The normalized spacial score (nSPS) is 16.2. The zero-order valence-corrected chi connectivity index (χ0v) is 23.6. The molecule has 0 spiro atoms. The zero-order valence-electron chi connectivity index (χ0n) is 21.2. The molecule has 1 aliphatic rings. The Balaban J connectivity index is 1.89. The molecular formula is C26H32ClN5O2S2. The Bertz CT molecular complexity index is 1230. The summed E-state index contributed by atoms with van der Waals surface area (Å²) in [6.07, 6.45) is 0. The molecule has 36 heavy (non-hydrogen) atoms. The maximum absolute atomic E-state index is 13.6. The minimum Gasteiger partial charge on any atom is -0.353 e. The lowest BCUT2D eigenvalue weighted by Gasteiger charge is -2.24. The van der Waals surface area contributed by atoms with Crippen molar-refractivity contribution in [2.75, 3.05) is 44.4 Å². The fraction of sp³-hybridized carbons (Fsp3) is 0.423. The van der Waals surface area contributed by atoms with E-state index in [0.717, 1.165) is 29.1 Å². The molecule has 2 amide bonds. The van der Waals surface area contributed by atoms with Crippen molar-refractivity contribution in [3.05, 3.63) is 62.9 Å². The van der Waals surface area contributed by atoms with Gasteiger partial charge in [0.25, 0.3) is 0 Å². The van der Waals surface area contributed by atoms with Crippen LogP contribution in [0.4, 0.5) is 5.82 Å². The van der Waals surface area contributed by atoms with E-state index < -0.39 is 0 Å². The Morgan fingerprint density at radius 2 is 2.06 bits per heavy atom. The van der Waals surface area contributed by atoms with Gasteiger partial charge in [-0.1, -0.05) is 38.4 Å². The minimum atomic E-state index is -0.296. The molecule has 0 saturated carbocycles. The summed E-state index contributed by atoms with van der Waals surface area (Å²) in [6.45, 7) is 7.52. The number of amides is 2. The van der Waals surface area contributed by atoms with Gasteiger partial charge in [0, 0.05) is 29.1 Å². The summed E-state index contributed by atoms with van der Waals surface area (Å²) in [6, 6.07) is 9.53. The molecule has 1 aromatic carbocycles. The first kappa shape index (κ1) is 26.7. The van der Waals surface area contributed by atoms with Gasteiger partial charge in [-0.15, -0.1) is 11.8 Å². The molecular weight excluding hydrogens is 514 g/mol. The molecule has 0 fully saturated rings. The van der Waals surface area contributed by atoms with Crippen LogP contribution in [0.1, 0.15) is 42.8 Å². The van der Waals surface area contributed by atoms with Gasteiger partial charge in [0.15, 0.2) is 0 Å². The van der Waals surface area contributed by atoms with Crippen LogP contribution in [0.2, 0.25) is 5.02 Å². The van der Waals surface area contributed by atoms with Gasteiger partial charge >= 0.3 is 0 Å².